The van der Waals surface area contributed by atoms with Crippen molar-refractivity contribution in [3.63, 3.8) is 0 Å². The van der Waals surface area contributed by atoms with Gasteiger partial charge in [0.25, 0.3) is 0 Å². The molecule has 19 heavy (non-hydrogen) atoms. The molecule has 2 N–H and O–H groups in total. The van der Waals surface area contributed by atoms with Crippen molar-refractivity contribution in [2.24, 2.45) is 5.73 Å². The van der Waals surface area contributed by atoms with Crippen LogP contribution in [0, 0.1) is 5.82 Å². The van der Waals surface area contributed by atoms with E-state index in [0.717, 1.165) is 17.7 Å². The highest BCUT2D eigenvalue weighted by Gasteiger charge is 2.15. The summed E-state index contributed by atoms with van der Waals surface area (Å²) in [5, 5.41) is 0.126. The van der Waals surface area contributed by atoms with Gasteiger partial charge >= 0.3 is 0 Å². The molecule has 0 aliphatic rings. The molecule has 1 heterocycles. The van der Waals surface area contributed by atoms with E-state index >= 15 is 0 Å². The number of rotatable bonds is 4. The molecule has 100 valence electrons. The fourth-order valence-electron chi connectivity index (χ4n) is 2.12. The predicted molar refractivity (Wildman–Crippen MR) is 75.7 cm³/mol. The summed E-state index contributed by atoms with van der Waals surface area (Å²) in [6.45, 7) is 2.05. The number of nitrogens with two attached hydrogens (primary N) is 1. The number of hydrogen-bond donors (Lipinski definition) is 1. The Morgan fingerprint density at radius 3 is 2.74 bits per heavy atom. The molecular weight excluding hydrogens is 263 g/mol. The number of pyridine rings is 1. The minimum absolute atomic E-state index is 0.126. The zero-order chi connectivity index (χ0) is 13.8. The SMILES string of the molecule is CCc1cccnc1C(N)Cc1cccc(Cl)c1F. The van der Waals surface area contributed by atoms with Gasteiger partial charge in [0.1, 0.15) is 5.82 Å². The Bertz CT molecular complexity index is 572. The van der Waals surface area contributed by atoms with Crippen LogP contribution in [0.25, 0.3) is 0 Å². The summed E-state index contributed by atoms with van der Waals surface area (Å²) in [5.41, 5.74) is 8.59. The smallest absolute Gasteiger partial charge is 0.145 e. The average molecular weight is 279 g/mol. The molecule has 0 bridgehead atoms. The van der Waals surface area contributed by atoms with Gasteiger partial charge in [-0.3, -0.25) is 4.98 Å². The van der Waals surface area contributed by atoms with E-state index in [2.05, 4.69) is 4.98 Å². The van der Waals surface area contributed by atoms with Crippen LogP contribution in [0.1, 0.15) is 29.8 Å². The predicted octanol–water partition coefficient (Wildman–Crippen LogP) is 3.68. The molecule has 0 radical (unpaired) electrons. The highest BCUT2D eigenvalue weighted by molar-refractivity contribution is 6.30. The van der Waals surface area contributed by atoms with Crippen molar-refractivity contribution in [3.05, 3.63) is 64.2 Å². The number of hydrogen-bond acceptors (Lipinski definition) is 2. The van der Waals surface area contributed by atoms with Crippen molar-refractivity contribution in [1.29, 1.82) is 0 Å². The van der Waals surface area contributed by atoms with E-state index in [-0.39, 0.29) is 11.1 Å². The largest absolute Gasteiger partial charge is 0.322 e. The van der Waals surface area contributed by atoms with Gasteiger partial charge in [0, 0.05) is 6.20 Å². The van der Waals surface area contributed by atoms with Crippen LogP contribution in [-0.2, 0) is 12.8 Å². The zero-order valence-corrected chi connectivity index (χ0v) is 11.5. The van der Waals surface area contributed by atoms with Crippen molar-refractivity contribution in [3.8, 4) is 0 Å². The van der Waals surface area contributed by atoms with Crippen LogP contribution < -0.4 is 5.73 Å². The molecule has 2 rings (SSSR count). The Hall–Kier alpha value is -1.45. The molecule has 4 heteroatoms. The number of aryl methyl sites for hydroxylation is 1. The molecule has 0 spiro atoms. The number of halogens is 2. The van der Waals surface area contributed by atoms with Crippen LogP contribution in [0.15, 0.2) is 36.5 Å². The van der Waals surface area contributed by atoms with E-state index in [1.54, 1.807) is 18.3 Å². The maximum atomic E-state index is 13.9. The summed E-state index contributed by atoms with van der Waals surface area (Å²) in [4.78, 5) is 4.32. The fourth-order valence-corrected chi connectivity index (χ4v) is 2.32. The van der Waals surface area contributed by atoms with Crippen molar-refractivity contribution < 1.29 is 4.39 Å². The van der Waals surface area contributed by atoms with E-state index in [1.807, 2.05) is 19.1 Å². The van der Waals surface area contributed by atoms with E-state index in [1.165, 1.54) is 6.07 Å². The van der Waals surface area contributed by atoms with Crippen molar-refractivity contribution >= 4 is 11.6 Å². The van der Waals surface area contributed by atoms with Gasteiger partial charge in [-0.15, -0.1) is 0 Å². The first kappa shape index (κ1) is 14.0. The summed E-state index contributed by atoms with van der Waals surface area (Å²) < 4.78 is 13.9. The second-order valence-electron chi connectivity index (χ2n) is 4.42. The second kappa shape index (κ2) is 6.13. The molecule has 1 atom stereocenters. The number of nitrogens with zero attached hydrogens (tertiary/aromatic N) is 1. The molecule has 0 saturated heterocycles. The lowest BCUT2D eigenvalue weighted by molar-refractivity contribution is 0.588. The molecular formula is C15H16ClFN2. The first-order valence-corrected chi connectivity index (χ1v) is 6.63. The van der Waals surface area contributed by atoms with Crippen LogP contribution in [-0.4, -0.2) is 4.98 Å². The topological polar surface area (TPSA) is 38.9 Å². The van der Waals surface area contributed by atoms with Crippen LogP contribution in [0.2, 0.25) is 5.02 Å². The van der Waals surface area contributed by atoms with E-state index < -0.39 is 5.82 Å². The summed E-state index contributed by atoms with van der Waals surface area (Å²) >= 11 is 5.77. The second-order valence-corrected chi connectivity index (χ2v) is 4.83. The highest BCUT2D eigenvalue weighted by Crippen LogP contribution is 2.23. The molecule has 0 amide bonds. The van der Waals surface area contributed by atoms with Gasteiger partial charge < -0.3 is 5.73 Å². The summed E-state index contributed by atoms with van der Waals surface area (Å²) in [6, 6.07) is 8.52. The lowest BCUT2D eigenvalue weighted by Crippen LogP contribution is -2.17. The van der Waals surface area contributed by atoms with Gasteiger partial charge in [0.05, 0.1) is 16.8 Å². The molecule has 0 saturated carbocycles. The molecule has 0 fully saturated rings. The first-order chi connectivity index (χ1) is 9.13. The first-order valence-electron chi connectivity index (χ1n) is 6.25. The van der Waals surface area contributed by atoms with Crippen LogP contribution in [0.4, 0.5) is 4.39 Å². The Morgan fingerprint density at radius 1 is 1.26 bits per heavy atom. The Kier molecular flexibility index (Phi) is 4.51. The Balaban J connectivity index is 2.26. The van der Waals surface area contributed by atoms with Gasteiger partial charge in [-0.25, -0.2) is 4.39 Å². The van der Waals surface area contributed by atoms with Crippen molar-refractivity contribution in [2.45, 2.75) is 25.8 Å². The van der Waals surface area contributed by atoms with Crippen molar-refractivity contribution in [1.82, 2.24) is 4.98 Å². The third-order valence-electron chi connectivity index (χ3n) is 3.13. The summed E-state index contributed by atoms with van der Waals surface area (Å²) in [5.74, 6) is -0.395. The van der Waals surface area contributed by atoms with Gasteiger partial charge in [0.15, 0.2) is 0 Å². The van der Waals surface area contributed by atoms with E-state index in [9.17, 15) is 4.39 Å². The molecule has 1 unspecified atom stereocenters. The maximum absolute atomic E-state index is 13.9. The highest BCUT2D eigenvalue weighted by atomic mass is 35.5. The zero-order valence-electron chi connectivity index (χ0n) is 10.7. The maximum Gasteiger partial charge on any atom is 0.145 e. The molecule has 0 aliphatic heterocycles. The number of aromatic nitrogens is 1. The van der Waals surface area contributed by atoms with E-state index in [4.69, 9.17) is 17.3 Å². The summed E-state index contributed by atoms with van der Waals surface area (Å²) in [7, 11) is 0. The third kappa shape index (κ3) is 3.11. The molecule has 1 aromatic heterocycles. The van der Waals surface area contributed by atoms with Crippen molar-refractivity contribution in [2.75, 3.05) is 0 Å². The van der Waals surface area contributed by atoms with Gasteiger partial charge in [-0.05, 0) is 36.1 Å². The standard InChI is InChI=1S/C15H16ClFN2/c1-2-10-6-4-8-19-15(10)13(18)9-11-5-3-7-12(16)14(11)17/h3-8,13H,2,9,18H2,1H3. The minimum atomic E-state index is -0.395. The lowest BCUT2D eigenvalue weighted by atomic mass is 9.99. The van der Waals surface area contributed by atoms with E-state index in [0.29, 0.717) is 12.0 Å². The quantitative estimate of drug-likeness (QED) is 0.927. The Morgan fingerprint density at radius 2 is 2.00 bits per heavy atom. The third-order valence-corrected chi connectivity index (χ3v) is 3.42. The van der Waals surface area contributed by atoms with Gasteiger partial charge in [0.2, 0.25) is 0 Å². The monoisotopic (exact) mass is 278 g/mol. The molecule has 0 aliphatic carbocycles. The van der Waals surface area contributed by atoms with Crippen LogP contribution in [0.5, 0.6) is 0 Å². The lowest BCUT2D eigenvalue weighted by Gasteiger charge is -2.15. The molecule has 2 nitrogen and oxygen atoms in total. The van der Waals surface area contributed by atoms with Crippen LogP contribution in [0.3, 0.4) is 0 Å². The summed E-state index contributed by atoms with van der Waals surface area (Å²) in [6.07, 6.45) is 2.95. The number of benzene rings is 1. The fraction of sp³-hybridized carbons (Fsp3) is 0.267. The average Bonchev–Trinajstić information content (AvgIpc) is 2.43. The minimum Gasteiger partial charge on any atom is -0.322 e. The molecule has 2 aromatic rings. The van der Waals surface area contributed by atoms with Gasteiger partial charge in [-0.1, -0.05) is 36.7 Å². The van der Waals surface area contributed by atoms with Crippen LogP contribution >= 0.6 is 11.6 Å². The van der Waals surface area contributed by atoms with Gasteiger partial charge in [-0.2, -0.15) is 0 Å². The molecule has 1 aromatic carbocycles. The Labute approximate surface area is 117 Å². The normalized spacial score (nSPS) is 12.4.